The average molecular weight is 350 g/mol. The van der Waals surface area contributed by atoms with Gasteiger partial charge in [0.1, 0.15) is 0 Å². The first-order valence-electron chi connectivity index (χ1n) is 6.42. The van der Waals surface area contributed by atoms with Crippen LogP contribution in [0, 0.1) is 10.1 Å². The number of benzene rings is 2. The summed E-state index contributed by atoms with van der Waals surface area (Å²) in [5.74, 6) is 0. The van der Waals surface area contributed by atoms with Crippen LogP contribution in [-0.2, 0) is 6.54 Å². The van der Waals surface area contributed by atoms with Crippen molar-refractivity contribution in [2.75, 3.05) is 24.3 Å². The number of rotatable bonds is 5. The third kappa shape index (κ3) is 3.95. The summed E-state index contributed by atoms with van der Waals surface area (Å²) in [6.07, 6.45) is 0. The van der Waals surface area contributed by atoms with Crippen LogP contribution < -0.4 is 10.2 Å². The highest BCUT2D eigenvalue weighted by atomic mass is 79.9. The van der Waals surface area contributed by atoms with Crippen molar-refractivity contribution in [3.63, 3.8) is 0 Å². The van der Waals surface area contributed by atoms with E-state index in [-0.39, 0.29) is 10.6 Å². The van der Waals surface area contributed by atoms with Gasteiger partial charge in [0.05, 0.1) is 4.92 Å². The van der Waals surface area contributed by atoms with Crippen molar-refractivity contribution in [1.29, 1.82) is 0 Å². The molecule has 2 aromatic carbocycles. The van der Waals surface area contributed by atoms with Gasteiger partial charge in [0.25, 0.3) is 5.69 Å². The van der Waals surface area contributed by atoms with Crippen molar-refractivity contribution in [2.24, 2.45) is 0 Å². The van der Waals surface area contributed by atoms with Crippen LogP contribution in [0.5, 0.6) is 0 Å². The Bertz CT molecular complexity index is 661. The second-order valence-corrected chi connectivity index (χ2v) is 5.65. The van der Waals surface area contributed by atoms with Gasteiger partial charge in [0, 0.05) is 48.6 Å². The van der Waals surface area contributed by atoms with Gasteiger partial charge in [0.2, 0.25) is 0 Å². The normalized spacial score (nSPS) is 10.2. The molecule has 110 valence electrons. The minimum atomic E-state index is -0.378. The van der Waals surface area contributed by atoms with E-state index in [9.17, 15) is 10.1 Å². The summed E-state index contributed by atoms with van der Waals surface area (Å²) in [5.41, 5.74) is 2.73. The maximum atomic E-state index is 11.0. The van der Waals surface area contributed by atoms with E-state index in [4.69, 9.17) is 0 Å². The maximum absolute atomic E-state index is 11.0. The molecule has 5 nitrogen and oxygen atoms in total. The molecular formula is C15H16BrN3O2. The Hall–Kier alpha value is -2.08. The number of hydrogen-bond acceptors (Lipinski definition) is 4. The minimum Gasteiger partial charge on any atom is -0.388 e. The van der Waals surface area contributed by atoms with E-state index in [0.717, 1.165) is 21.4 Å². The molecule has 0 saturated carbocycles. The summed E-state index contributed by atoms with van der Waals surface area (Å²) in [5, 5.41) is 14.0. The third-order valence-corrected chi connectivity index (χ3v) is 3.64. The molecule has 0 atom stereocenters. The minimum absolute atomic E-state index is 0.0814. The van der Waals surface area contributed by atoms with E-state index in [1.165, 1.54) is 6.07 Å². The van der Waals surface area contributed by atoms with Crippen molar-refractivity contribution < 1.29 is 4.92 Å². The van der Waals surface area contributed by atoms with Gasteiger partial charge in [-0.3, -0.25) is 10.1 Å². The Morgan fingerprint density at radius 2 is 2.05 bits per heavy atom. The maximum Gasteiger partial charge on any atom is 0.273 e. The third-order valence-electron chi connectivity index (χ3n) is 3.15. The molecular weight excluding hydrogens is 334 g/mol. The largest absolute Gasteiger partial charge is 0.388 e. The summed E-state index contributed by atoms with van der Waals surface area (Å²) in [4.78, 5) is 12.6. The molecule has 0 aliphatic heterocycles. The van der Waals surface area contributed by atoms with Crippen LogP contribution in [-0.4, -0.2) is 19.0 Å². The first-order chi connectivity index (χ1) is 9.99. The van der Waals surface area contributed by atoms with E-state index in [1.54, 1.807) is 13.1 Å². The number of nitro groups is 1. The Balaban J connectivity index is 2.27. The molecule has 0 bridgehead atoms. The molecule has 0 fully saturated rings. The van der Waals surface area contributed by atoms with Gasteiger partial charge in [-0.1, -0.05) is 28.1 Å². The summed E-state index contributed by atoms with van der Waals surface area (Å²) in [6, 6.07) is 13.0. The highest BCUT2D eigenvalue weighted by Crippen LogP contribution is 2.27. The number of hydrogen-bond donors (Lipinski definition) is 1. The summed E-state index contributed by atoms with van der Waals surface area (Å²) < 4.78 is 1.02. The van der Waals surface area contributed by atoms with Crippen molar-refractivity contribution in [1.82, 2.24) is 0 Å². The molecule has 1 N–H and O–H groups in total. The van der Waals surface area contributed by atoms with Gasteiger partial charge in [0.15, 0.2) is 0 Å². The van der Waals surface area contributed by atoms with E-state index in [0.29, 0.717) is 6.54 Å². The first-order valence-corrected chi connectivity index (χ1v) is 7.21. The molecule has 6 heteroatoms. The number of nitro benzene ring substituents is 1. The molecule has 0 radical (unpaired) electrons. The van der Waals surface area contributed by atoms with Crippen LogP contribution in [0.25, 0.3) is 0 Å². The molecule has 0 aromatic heterocycles. The standard InChI is InChI=1S/C15H16BrN3O2/c1-17-13-7-14(9-15(8-13)19(20)21)18(2)10-11-4-3-5-12(16)6-11/h3-9,17H,10H2,1-2H3. The molecule has 0 heterocycles. The molecule has 2 aromatic rings. The Morgan fingerprint density at radius 3 is 2.67 bits per heavy atom. The number of nitrogens with zero attached hydrogens (tertiary/aromatic N) is 2. The fourth-order valence-electron chi connectivity index (χ4n) is 2.07. The highest BCUT2D eigenvalue weighted by Gasteiger charge is 2.12. The average Bonchev–Trinajstić information content (AvgIpc) is 2.46. The van der Waals surface area contributed by atoms with E-state index < -0.39 is 0 Å². The lowest BCUT2D eigenvalue weighted by atomic mass is 10.2. The molecule has 2 rings (SSSR count). The van der Waals surface area contributed by atoms with Crippen LogP contribution >= 0.6 is 15.9 Å². The van der Waals surface area contributed by atoms with Crippen molar-refractivity contribution in [3.05, 3.63) is 62.6 Å². The van der Waals surface area contributed by atoms with Gasteiger partial charge in [-0.2, -0.15) is 0 Å². The Labute approximate surface area is 131 Å². The quantitative estimate of drug-likeness (QED) is 0.653. The molecule has 0 aliphatic carbocycles. The van der Waals surface area contributed by atoms with Gasteiger partial charge >= 0.3 is 0 Å². The Kier molecular flexibility index (Phi) is 4.80. The lowest BCUT2D eigenvalue weighted by Crippen LogP contribution is -2.16. The van der Waals surface area contributed by atoms with Gasteiger partial charge in [-0.15, -0.1) is 0 Å². The number of non-ortho nitro benzene ring substituents is 1. The zero-order valence-corrected chi connectivity index (χ0v) is 13.4. The van der Waals surface area contributed by atoms with Crippen molar-refractivity contribution in [2.45, 2.75) is 6.54 Å². The number of anilines is 2. The number of halogens is 1. The van der Waals surface area contributed by atoms with Crippen LogP contribution in [0.4, 0.5) is 17.1 Å². The van der Waals surface area contributed by atoms with Crippen molar-refractivity contribution in [3.8, 4) is 0 Å². The molecule has 0 amide bonds. The predicted octanol–water partition coefficient (Wildman–Crippen LogP) is 4.04. The van der Waals surface area contributed by atoms with E-state index >= 15 is 0 Å². The lowest BCUT2D eigenvalue weighted by Gasteiger charge is -2.20. The zero-order chi connectivity index (χ0) is 15.4. The lowest BCUT2D eigenvalue weighted by molar-refractivity contribution is -0.384. The second-order valence-electron chi connectivity index (χ2n) is 4.73. The smallest absolute Gasteiger partial charge is 0.273 e. The van der Waals surface area contributed by atoms with Crippen molar-refractivity contribution >= 4 is 33.0 Å². The topological polar surface area (TPSA) is 58.4 Å². The van der Waals surface area contributed by atoms with E-state index in [2.05, 4.69) is 21.2 Å². The molecule has 0 saturated heterocycles. The van der Waals surface area contributed by atoms with E-state index in [1.807, 2.05) is 42.3 Å². The SMILES string of the molecule is CNc1cc(N(C)Cc2cccc(Br)c2)cc([N+](=O)[O-])c1. The summed E-state index contributed by atoms with van der Waals surface area (Å²) in [6.45, 7) is 0.670. The first kappa shape index (κ1) is 15.3. The van der Waals surface area contributed by atoms with Crippen LogP contribution in [0.2, 0.25) is 0 Å². The summed E-state index contributed by atoms with van der Waals surface area (Å²) in [7, 11) is 3.66. The molecule has 0 spiro atoms. The zero-order valence-electron chi connectivity index (χ0n) is 11.8. The molecule has 0 aliphatic rings. The van der Waals surface area contributed by atoms with Gasteiger partial charge < -0.3 is 10.2 Å². The van der Waals surface area contributed by atoms with Crippen LogP contribution in [0.3, 0.4) is 0 Å². The Morgan fingerprint density at radius 1 is 1.29 bits per heavy atom. The monoisotopic (exact) mass is 349 g/mol. The van der Waals surface area contributed by atoms with Crippen LogP contribution in [0.1, 0.15) is 5.56 Å². The fourth-order valence-corrected chi connectivity index (χ4v) is 2.51. The second kappa shape index (κ2) is 6.58. The van der Waals surface area contributed by atoms with Crippen LogP contribution in [0.15, 0.2) is 46.9 Å². The molecule has 0 unspecified atom stereocenters. The van der Waals surface area contributed by atoms with Gasteiger partial charge in [-0.25, -0.2) is 0 Å². The fraction of sp³-hybridized carbons (Fsp3) is 0.200. The highest BCUT2D eigenvalue weighted by molar-refractivity contribution is 9.10. The summed E-state index contributed by atoms with van der Waals surface area (Å²) >= 11 is 3.44. The number of nitrogens with one attached hydrogen (secondary N) is 1. The predicted molar refractivity (Wildman–Crippen MR) is 88.9 cm³/mol. The van der Waals surface area contributed by atoms with Gasteiger partial charge in [-0.05, 0) is 23.8 Å². The molecule has 21 heavy (non-hydrogen) atoms.